The molecule has 0 saturated carbocycles. The van der Waals surface area contributed by atoms with E-state index >= 15 is 0 Å². The predicted octanol–water partition coefficient (Wildman–Crippen LogP) is 1.40. The second-order valence-electron chi connectivity index (χ2n) is 3.40. The fourth-order valence-electron chi connectivity index (χ4n) is 1.20. The number of likely N-dealkylation sites (tertiary alicyclic amines) is 1. The maximum absolute atomic E-state index is 11.2. The van der Waals surface area contributed by atoms with Crippen molar-refractivity contribution >= 4 is 6.09 Å². The normalized spacial score (nSPS) is 14.5. The molecule has 84 valence electrons. The minimum Gasteiger partial charge on any atom is -0.449 e. The van der Waals surface area contributed by atoms with Gasteiger partial charge in [0, 0.05) is 5.57 Å². The Labute approximate surface area is 87.7 Å². The van der Waals surface area contributed by atoms with Gasteiger partial charge in [0.2, 0.25) is 6.20 Å². The fraction of sp³-hybridized carbons (Fsp3) is 0.667. The van der Waals surface area contributed by atoms with E-state index in [-0.39, 0.29) is 6.09 Å². The zero-order chi connectivity index (χ0) is 11.3. The van der Waals surface area contributed by atoms with Gasteiger partial charge in [-0.1, -0.05) is 13.3 Å². The highest BCUT2D eigenvalue weighted by Crippen LogP contribution is 2.15. The summed E-state index contributed by atoms with van der Waals surface area (Å²) in [6.45, 7) is 3.05. The Bertz CT molecular complexity index is 280. The van der Waals surface area contributed by atoms with Crippen LogP contribution in [0.25, 0.3) is 0 Å². The second kappa shape index (κ2) is 5.33. The summed E-state index contributed by atoms with van der Waals surface area (Å²) in [6, 6.07) is 0. The highest BCUT2D eigenvalue weighted by molar-refractivity contribution is 5.70. The molecule has 15 heavy (non-hydrogen) atoms. The van der Waals surface area contributed by atoms with E-state index in [2.05, 4.69) is 0 Å². The number of carbonyl (C=O) groups is 1. The number of rotatable bonds is 4. The van der Waals surface area contributed by atoms with Crippen molar-refractivity contribution in [1.29, 1.82) is 0 Å². The third-order valence-electron chi connectivity index (χ3n) is 2.06. The topological polar surface area (TPSA) is 72.7 Å². The van der Waals surface area contributed by atoms with Gasteiger partial charge in [0.15, 0.2) is 0 Å². The number of hydrogen-bond donors (Lipinski definition) is 0. The Morgan fingerprint density at radius 1 is 1.67 bits per heavy atom. The predicted molar refractivity (Wildman–Crippen MR) is 52.9 cm³/mol. The van der Waals surface area contributed by atoms with Crippen LogP contribution in [0.5, 0.6) is 0 Å². The van der Waals surface area contributed by atoms with Crippen molar-refractivity contribution in [3.63, 3.8) is 0 Å². The zero-order valence-corrected chi connectivity index (χ0v) is 8.64. The van der Waals surface area contributed by atoms with Crippen LogP contribution in [0.3, 0.4) is 0 Å². The number of nitrogens with zero attached hydrogens (tertiary/aromatic N) is 2. The van der Waals surface area contributed by atoms with E-state index in [0.717, 1.165) is 19.0 Å². The minimum atomic E-state index is -0.505. The van der Waals surface area contributed by atoms with Gasteiger partial charge in [0.05, 0.1) is 24.6 Å². The van der Waals surface area contributed by atoms with Gasteiger partial charge < -0.3 is 4.74 Å². The Morgan fingerprint density at radius 3 is 2.87 bits per heavy atom. The van der Waals surface area contributed by atoms with E-state index in [4.69, 9.17) is 4.74 Å². The first-order valence-electron chi connectivity index (χ1n) is 4.88. The van der Waals surface area contributed by atoms with E-state index in [1.807, 2.05) is 6.92 Å². The van der Waals surface area contributed by atoms with Gasteiger partial charge in [-0.15, -0.1) is 0 Å². The van der Waals surface area contributed by atoms with Crippen LogP contribution in [0, 0.1) is 10.1 Å². The van der Waals surface area contributed by atoms with Crippen molar-refractivity contribution in [2.45, 2.75) is 19.8 Å². The molecule has 0 aliphatic carbocycles. The van der Waals surface area contributed by atoms with Crippen molar-refractivity contribution in [2.75, 3.05) is 19.7 Å². The Hall–Kier alpha value is -1.59. The minimum absolute atomic E-state index is 0.311. The van der Waals surface area contributed by atoms with E-state index in [1.54, 1.807) is 0 Å². The fourth-order valence-corrected chi connectivity index (χ4v) is 1.20. The molecule has 1 fully saturated rings. The van der Waals surface area contributed by atoms with E-state index in [0.29, 0.717) is 25.3 Å². The second-order valence-corrected chi connectivity index (χ2v) is 3.40. The number of nitro groups is 1. The first kappa shape index (κ1) is 11.5. The van der Waals surface area contributed by atoms with Gasteiger partial charge in [-0.05, 0) is 6.42 Å². The number of carbonyl (C=O) groups excluding carboxylic acids is 1. The number of amides is 1. The average Bonchev–Trinajstić information content (AvgIpc) is 2.10. The molecule has 0 unspecified atom stereocenters. The van der Waals surface area contributed by atoms with Gasteiger partial charge in [0.25, 0.3) is 0 Å². The summed E-state index contributed by atoms with van der Waals surface area (Å²) in [5.41, 5.74) is 0.646. The maximum atomic E-state index is 11.2. The van der Waals surface area contributed by atoms with Crippen molar-refractivity contribution in [3.05, 3.63) is 21.9 Å². The van der Waals surface area contributed by atoms with Gasteiger partial charge in [0.1, 0.15) is 0 Å². The van der Waals surface area contributed by atoms with Crippen LogP contribution in [-0.4, -0.2) is 35.6 Å². The van der Waals surface area contributed by atoms with Crippen molar-refractivity contribution in [2.24, 2.45) is 0 Å². The molecule has 1 saturated heterocycles. The molecule has 0 bridgehead atoms. The van der Waals surface area contributed by atoms with Crippen LogP contribution in [0.15, 0.2) is 11.8 Å². The van der Waals surface area contributed by atoms with Crippen molar-refractivity contribution in [3.8, 4) is 0 Å². The Balaban J connectivity index is 2.20. The Morgan fingerprint density at radius 2 is 2.33 bits per heavy atom. The summed E-state index contributed by atoms with van der Waals surface area (Å²) in [7, 11) is 0. The summed E-state index contributed by atoms with van der Waals surface area (Å²) in [4.78, 5) is 22.3. The summed E-state index contributed by atoms with van der Waals surface area (Å²) >= 11 is 0. The number of hydrogen-bond acceptors (Lipinski definition) is 4. The van der Waals surface area contributed by atoms with Crippen LogP contribution in [-0.2, 0) is 4.74 Å². The smallest absolute Gasteiger partial charge is 0.410 e. The molecule has 0 N–H and O–H groups in total. The average molecular weight is 214 g/mol. The molecule has 1 heterocycles. The molecule has 0 atom stereocenters. The lowest BCUT2D eigenvalue weighted by atomic mass is 10.1. The quantitative estimate of drug-likeness (QED) is 0.403. The third-order valence-corrected chi connectivity index (χ3v) is 2.06. The summed E-state index contributed by atoms with van der Waals surface area (Å²) in [6.07, 6.45) is 2.37. The molecule has 1 aliphatic rings. The zero-order valence-electron chi connectivity index (χ0n) is 8.64. The monoisotopic (exact) mass is 214 g/mol. The SMILES string of the molecule is CCCCOC(=O)N1CC(=C[N+](=O)[O-])C1. The first-order valence-corrected chi connectivity index (χ1v) is 4.88. The largest absolute Gasteiger partial charge is 0.449 e. The molecule has 6 nitrogen and oxygen atoms in total. The third kappa shape index (κ3) is 3.57. The molecular weight excluding hydrogens is 200 g/mol. The maximum Gasteiger partial charge on any atom is 0.410 e. The Kier molecular flexibility index (Phi) is 4.08. The first-order chi connectivity index (χ1) is 7.13. The lowest BCUT2D eigenvalue weighted by molar-refractivity contribution is -0.404. The molecule has 1 rings (SSSR count). The van der Waals surface area contributed by atoms with E-state index < -0.39 is 4.92 Å². The van der Waals surface area contributed by atoms with Crippen molar-refractivity contribution < 1.29 is 14.5 Å². The molecule has 0 aromatic carbocycles. The molecular formula is C9H14N2O4. The number of ether oxygens (including phenoxy) is 1. The van der Waals surface area contributed by atoms with Gasteiger partial charge in [-0.3, -0.25) is 15.0 Å². The summed E-state index contributed by atoms with van der Waals surface area (Å²) in [5, 5.41) is 10.1. The van der Waals surface area contributed by atoms with Gasteiger partial charge in [-0.25, -0.2) is 4.79 Å². The lowest BCUT2D eigenvalue weighted by Crippen LogP contribution is -2.45. The molecule has 6 heteroatoms. The van der Waals surface area contributed by atoms with Crippen LogP contribution in [0.1, 0.15) is 19.8 Å². The van der Waals surface area contributed by atoms with Crippen LogP contribution < -0.4 is 0 Å². The van der Waals surface area contributed by atoms with E-state index in [9.17, 15) is 14.9 Å². The van der Waals surface area contributed by atoms with Crippen LogP contribution in [0.4, 0.5) is 4.79 Å². The molecule has 0 spiro atoms. The van der Waals surface area contributed by atoms with Crippen LogP contribution in [0.2, 0.25) is 0 Å². The number of unbranched alkanes of at least 4 members (excludes halogenated alkanes) is 1. The molecule has 1 amide bonds. The summed E-state index contributed by atoms with van der Waals surface area (Å²) < 4.78 is 4.93. The van der Waals surface area contributed by atoms with E-state index in [1.165, 1.54) is 4.90 Å². The molecule has 0 radical (unpaired) electrons. The summed E-state index contributed by atoms with van der Waals surface area (Å²) in [5.74, 6) is 0. The molecule has 0 aromatic rings. The van der Waals surface area contributed by atoms with Crippen molar-refractivity contribution in [1.82, 2.24) is 4.90 Å². The van der Waals surface area contributed by atoms with Gasteiger partial charge >= 0.3 is 6.09 Å². The lowest BCUT2D eigenvalue weighted by Gasteiger charge is -2.31. The molecule has 0 aromatic heterocycles. The highest BCUT2D eigenvalue weighted by Gasteiger charge is 2.28. The van der Waals surface area contributed by atoms with Gasteiger partial charge in [-0.2, -0.15) is 0 Å². The molecule has 1 aliphatic heterocycles. The highest BCUT2D eigenvalue weighted by atomic mass is 16.6. The standard InChI is InChI=1S/C9H14N2O4/c1-2-3-4-15-9(12)10-5-8(6-10)7-11(13)14/h7H,2-6H2,1H3. The van der Waals surface area contributed by atoms with Crippen LogP contribution >= 0.6 is 0 Å².